The van der Waals surface area contributed by atoms with Gasteiger partial charge in [-0.1, -0.05) is 60.7 Å². The number of carbonyl (C=O) groups excluding carboxylic acids is 2. The largest absolute Gasteiger partial charge is 0.460 e. The Balaban J connectivity index is 1.24. The number of carbonyl (C=O) groups is 2. The monoisotopic (exact) mass is 653 g/mol. The molecule has 1 saturated heterocycles. The van der Waals surface area contributed by atoms with Crippen molar-refractivity contribution in [3.63, 3.8) is 0 Å². The van der Waals surface area contributed by atoms with Crippen LogP contribution in [0.25, 0.3) is 11.2 Å². The zero-order valence-electron chi connectivity index (χ0n) is 25.3. The van der Waals surface area contributed by atoms with Crippen molar-refractivity contribution in [2.75, 3.05) is 12.3 Å². The molecule has 0 spiro atoms. The third kappa shape index (κ3) is 8.31. The van der Waals surface area contributed by atoms with Gasteiger partial charge in [-0.3, -0.25) is 18.7 Å². The molecule has 3 heterocycles. The molecule has 0 radical (unpaired) electrons. The molecule has 5 unspecified atom stereocenters. The minimum atomic E-state index is -4.15. The number of aliphatic hydroxyl groups is 1. The van der Waals surface area contributed by atoms with Crippen molar-refractivity contribution in [2.24, 2.45) is 0 Å². The van der Waals surface area contributed by atoms with Gasteiger partial charge in [0.1, 0.15) is 43.2 Å². The van der Waals surface area contributed by atoms with Crippen molar-refractivity contribution in [3.05, 3.63) is 84.4 Å². The van der Waals surface area contributed by atoms with Gasteiger partial charge in [0, 0.05) is 6.42 Å². The fraction of sp³-hybridized carbons (Fsp3) is 0.367. The molecular weight excluding hydrogens is 617 g/mol. The van der Waals surface area contributed by atoms with E-state index >= 15 is 0 Å². The Bertz CT molecular complexity index is 1610. The number of hydrogen-bond acceptors (Lipinski definition) is 12. The molecule has 1 aliphatic rings. The highest BCUT2D eigenvalue weighted by Crippen LogP contribution is 2.41. The summed E-state index contributed by atoms with van der Waals surface area (Å²) >= 11 is 0. The second kappa shape index (κ2) is 14.9. The van der Waals surface area contributed by atoms with Gasteiger partial charge in [0.25, 0.3) is 0 Å². The van der Waals surface area contributed by atoms with E-state index < -0.39 is 50.1 Å². The van der Waals surface area contributed by atoms with E-state index in [1.807, 2.05) is 36.4 Å². The van der Waals surface area contributed by atoms with Crippen molar-refractivity contribution in [1.82, 2.24) is 29.7 Å². The Kier molecular flexibility index (Phi) is 10.7. The number of aromatic nitrogens is 4. The number of nitrogens with zero attached hydrogens (tertiary/aromatic N) is 4. The third-order valence-electron chi connectivity index (χ3n) is 7.15. The standard InChI is InChI=1S/C30H36N7O8P/c1-19(29(39)42-14-21-9-5-3-6-10-21)35-46(41,36-20(2)30(40)43-15-22-11-7-4-8-12-22)44-16-23-13-24(38)28(45-23)37-18-34-25-26(31)32-17-33-27(25)37/h3-12,17-20,23-24,28,38H,13-16H2,1-2H3,(H2,31,32,33)(H2,35,36,41). The van der Waals surface area contributed by atoms with E-state index in [1.165, 1.54) is 31.1 Å². The molecular formula is C30H36N7O8P. The molecule has 16 heteroatoms. The first-order valence-electron chi connectivity index (χ1n) is 14.6. The summed E-state index contributed by atoms with van der Waals surface area (Å²) in [6.07, 6.45) is 0.242. The second-order valence-electron chi connectivity index (χ2n) is 10.8. The van der Waals surface area contributed by atoms with Crippen molar-refractivity contribution in [1.29, 1.82) is 0 Å². The topological polar surface area (TPSA) is 202 Å². The van der Waals surface area contributed by atoms with E-state index in [0.717, 1.165) is 11.1 Å². The Morgan fingerprint density at radius 2 is 1.54 bits per heavy atom. The maximum absolute atomic E-state index is 14.1. The van der Waals surface area contributed by atoms with Crippen LogP contribution in [-0.4, -0.2) is 67.5 Å². The lowest BCUT2D eigenvalue weighted by molar-refractivity contribution is -0.147. The first-order chi connectivity index (χ1) is 22.1. The van der Waals surface area contributed by atoms with Gasteiger partial charge in [0.2, 0.25) is 0 Å². The lowest BCUT2D eigenvalue weighted by Crippen LogP contribution is -2.42. The Labute approximate surface area is 265 Å². The van der Waals surface area contributed by atoms with E-state index in [1.54, 1.807) is 24.3 Å². The Morgan fingerprint density at radius 1 is 0.978 bits per heavy atom. The van der Waals surface area contributed by atoms with Gasteiger partial charge < -0.3 is 29.6 Å². The molecule has 1 aliphatic heterocycles. The second-order valence-corrected chi connectivity index (χ2v) is 12.6. The lowest BCUT2D eigenvalue weighted by Gasteiger charge is -2.27. The first kappa shape index (κ1) is 33.1. The summed E-state index contributed by atoms with van der Waals surface area (Å²) in [7, 11) is -4.15. The zero-order chi connectivity index (χ0) is 32.7. The highest BCUT2D eigenvalue weighted by atomic mass is 31.2. The summed E-state index contributed by atoms with van der Waals surface area (Å²) in [5.74, 6) is -1.19. The molecule has 15 nitrogen and oxygen atoms in total. The van der Waals surface area contributed by atoms with Gasteiger partial charge >= 0.3 is 19.6 Å². The van der Waals surface area contributed by atoms with E-state index in [-0.39, 0.29) is 32.1 Å². The van der Waals surface area contributed by atoms with Crippen LogP contribution in [0.2, 0.25) is 0 Å². The van der Waals surface area contributed by atoms with Crippen LogP contribution in [0.4, 0.5) is 5.82 Å². The maximum atomic E-state index is 14.1. The number of esters is 2. The van der Waals surface area contributed by atoms with E-state index in [0.29, 0.717) is 11.2 Å². The number of nitrogens with two attached hydrogens (primary N) is 1. The molecule has 0 saturated carbocycles. The highest BCUT2D eigenvalue weighted by Gasteiger charge is 2.39. The molecule has 1 fully saturated rings. The number of benzene rings is 2. The van der Waals surface area contributed by atoms with E-state index in [9.17, 15) is 19.3 Å². The summed E-state index contributed by atoms with van der Waals surface area (Å²) in [6, 6.07) is 16.0. The zero-order valence-corrected chi connectivity index (χ0v) is 26.2. The van der Waals surface area contributed by atoms with E-state index in [4.69, 9.17) is 24.5 Å². The minimum absolute atomic E-state index is 0.0151. The van der Waals surface area contributed by atoms with Crippen molar-refractivity contribution < 1.29 is 38.0 Å². The van der Waals surface area contributed by atoms with Crippen LogP contribution in [-0.2, 0) is 46.1 Å². The quantitative estimate of drug-likeness (QED) is 0.114. The molecule has 5 rings (SSSR count). The minimum Gasteiger partial charge on any atom is -0.460 e. The number of nitrogen functional groups attached to an aromatic ring is 1. The van der Waals surface area contributed by atoms with Gasteiger partial charge in [0.15, 0.2) is 17.7 Å². The molecule has 0 amide bonds. The van der Waals surface area contributed by atoms with Gasteiger partial charge in [0.05, 0.1) is 19.0 Å². The molecule has 0 bridgehead atoms. The summed E-state index contributed by atoms with van der Waals surface area (Å²) in [4.78, 5) is 38.0. The molecule has 0 aliphatic carbocycles. The molecule has 2 aromatic heterocycles. The summed E-state index contributed by atoms with van der Waals surface area (Å²) in [5, 5.41) is 16.1. The normalized spacial score (nSPS) is 20.5. The van der Waals surface area contributed by atoms with Crippen LogP contribution >= 0.6 is 7.67 Å². The molecule has 5 atom stereocenters. The molecule has 5 N–H and O–H groups in total. The predicted octanol–water partition coefficient (Wildman–Crippen LogP) is 2.62. The van der Waals surface area contributed by atoms with Crippen LogP contribution in [0.15, 0.2) is 73.3 Å². The predicted molar refractivity (Wildman–Crippen MR) is 165 cm³/mol. The SMILES string of the molecule is CC(NP(=O)(NC(C)C(=O)OCc1ccccc1)OCC1CC(O)C(n2cnc3c(N)ncnc32)O1)C(=O)OCc1ccccc1. The van der Waals surface area contributed by atoms with Crippen LogP contribution in [0, 0.1) is 0 Å². The number of aliphatic hydroxyl groups excluding tert-OH is 1. The third-order valence-corrected chi connectivity index (χ3v) is 9.12. The van der Waals surface area contributed by atoms with Crippen LogP contribution in [0.1, 0.15) is 37.6 Å². The fourth-order valence-corrected chi connectivity index (χ4v) is 6.60. The van der Waals surface area contributed by atoms with Crippen LogP contribution in [0.3, 0.4) is 0 Å². The molecule has 4 aromatic rings. The summed E-state index contributed by atoms with van der Waals surface area (Å²) in [5.41, 5.74) is 8.17. The fourth-order valence-electron chi connectivity index (χ4n) is 4.77. The summed E-state index contributed by atoms with van der Waals surface area (Å²) < 4.78 is 38.3. The number of hydrogen-bond donors (Lipinski definition) is 4. The van der Waals surface area contributed by atoms with Gasteiger partial charge in [-0.05, 0) is 25.0 Å². The lowest BCUT2D eigenvalue weighted by atomic mass is 10.2. The van der Waals surface area contributed by atoms with Crippen molar-refractivity contribution in [3.8, 4) is 0 Å². The smallest absolute Gasteiger partial charge is 0.342 e. The summed E-state index contributed by atoms with van der Waals surface area (Å²) in [6.45, 7) is 2.69. The van der Waals surface area contributed by atoms with Crippen LogP contribution in [0.5, 0.6) is 0 Å². The number of anilines is 1. The van der Waals surface area contributed by atoms with Gasteiger partial charge in [-0.2, -0.15) is 0 Å². The number of rotatable bonds is 14. The van der Waals surface area contributed by atoms with Crippen LogP contribution < -0.4 is 15.9 Å². The molecule has 244 valence electrons. The number of imidazole rings is 1. The van der Waals surface area contributed by atoms with Gasteiger partial charge in [-0.15, -0.1) is 0 Å². The Hall–Kier alpha value is -4.24. The first-order valence-corrected chi connectivity index (χ1v) is 16.2. The van der Waals surface area contributed by atoms with E-state index in [2.05, 4.69) is 25.1 Å². The average molecular weight is 654 g/mol. The van der Waals surface area contributed by atoms with Crippen molar-refractivity contribution >= 4 is 36.6 Å². The van der Waals surface area contributed by atoms with Gasteiger partial charge in [-0.25, -0.2) is 25.1 Å². The molecule has 46 heavy (non-hydrogen) atoms. The average Bonchev–Trinajstić information content (AvgIpc) is 3.66. The number of nitrogens with one attached hydrogen (secondary N) is 2. The highest BCUT2D eigenvalue weighted by molar-refractivity contribution is 7.54. The maximum Gasteiger partial charge on any atom is 0.342 e. The molecule has 2 aromatic carbocycles. The van der Waals surface area contributed by atoms with Crippen molar-refractivity contribution in [2.45, 2.75) is 64.0 Å². The number of fused-ring (bicyclic) bond motifs is 1. The Morgan fingerprint density at radius 3 is 2.11 bits per heavy atom. The number of ether oxygens (including phenoxy) is 3.